The molecule has 0 spiro atoms. The molecule has 5 N–H and O–H groups in total. The summed E-state index contributed by atoms with van der Waals surface area (Å²) in [6, 6.07) is 8.07. The first-order valence-electron chi connectivity index (χ1n) is 10.5. The van der Waals surface area contributed by atoms with Crippen molar-refractivity contribution in [2.75, 3.05) is 22.9 Å². The number of carboxylic acids is 1. The van der Waals surface area contributed by atoms with E-state index in [1.54, 1.807) is 17.0 Å². The Morgan fingerprint density at radius 1 is 1.25 bits per heavy atom. The molecule has 184 valence electrons. The van der Waals surface area contributed by atoms with E-state index in [1.165, 1.54) is 23.2 Å². The van der Waals surface area contributed by atoms with Crippen LogP contribution in [0.4, 0.5) is 10.8 Å². The number of benzene rings is 1. The molecular formula is C22H18N6O6S2. The van der Waals surface area contributed by atoms with E-state index < -0.39 is 34.9 Å². The number of nitrogens with two attached hydrogens (primary N) is 1. The first kappa shape index (κ1) is 23.6. The molecule has 12 nitrogen and oxygen atoms in total. The fraction of sp³-hybridized carbons (Fsp3) is 0.182. The summed E-state index contributed by atoms with van der Waals surface area (Å²) in [7, 11) is 0. The second-order valence-electron chi connectivity index (χ2n) is 7.96. The number of hydrogen-bond acceptors (Lipinski definition) is 10. The summed E-state index contributed by atoms with van der Waals surface area (Å²) >= 11 is 2.30. The number of nitrogens with zero attached hydrogens (tertiary/aromatic N) is 4. The summed E-state index contributed by atoms with van der Waals surface area (Å²) in [5.41, 5.74) is 6.49. The van der Waals surface area contributed by atoms with Crippen LogP contribution >= 0.6 is 23.1 Å². The van der Waals surface area contributed by atoms with Crippen molar-refractivity contribution in [1.82, 2.24) is 15.2 Å². The molecule has 14 heteroatoms. The summed E-state index contributed by atoms with van der Waals surface area (Å²) in [6.07, 6.45) is 1.52. The molecule has 1 aromatic heterocycles. The molecular weight excluding hydrogens is 508 g/mol. The average Bonchev–Trinajstić information content (AvgIpc) is 3.30. The Balaban J connectivity index is 1.33. The molecule has 2 fully saturated rings. The van der Waals surface area contributed by atoms with Crippen LogP contribution < -0.4 is 16.0 Å². The molecule has 36 heavy (non-hydrogen) atoms. The molecule has 5 rings (SSSR count). The number of carboxylic acid groups (broad SMARTS) is 1. The number of nitrogens with one attached hydrogen (secondary N) is 1. The minimum absolute atomic E-state index is 0.0483. The van der Waals surface area contributed by atoms with E-state index >= 15 is 0 Å². The Bertz CT molecular complexity index is 1380. The van der Waals surface area contributed by atoms with Crippen LogP contribution in [0.5, 0.6) is 0 Å². The number of thiazole rings is 1. The van der Waals surface area contributed by atoms with Gasteiger partial charge < -0.3 is 26.3 Å². The molecule has 0 aliphatic carbocycles. The Hall–Kier alpha value is -4.17. The average molecular weight is 527 g/mol. The number of rotatable bonds is 6. The third-order valence-corrected chi connectivity index (χ3v) is 7.81. The number of fused-ring (bicyclic) bond motifs is 1. The van der Waals surface area contributed by atoms with Gasteiger partial charge in [-0.3, -0.25) is 19.3 Å². The largest absolute Gasteiger partial charge is 0.477 e. The lowest BCUT2D eigenvalue weighted by molar-refractivity contribution is -0.150. The van der Waals surface area contributed by atoms with Crippen molar-refractivity contribution in [1.29, 1.82) is 0 Å². The number of thioether (sulfide) groups is 1. The quantitative estimate of drug-likeness (QED) is 0.138. The Morgan fingerprint density at radius 3 is 2.61 bits per heavy atom. The monoisotopic (exact) mass is 526 g/mol. The first-order chi connectivity index (χ1) is 17.3. The number of β-lactam (4-membered cyclic amide) rings is 2. The first-order valence-corrected chi connectivity index (χ1v) is 12.5. The van der Waals surface area contributed by atoms with Gasteiger partial charge in [0, 0.05) is 22.4 Å². The highest BCUT2D eigenvalue weighted by Gasteiger charge is 2.54. The second-order valence-corrected chi connectivity index (χ2v) is 9.95. The number of anilines is 2. The van der Waals surface area contributed by atoms with Gasteiger partial charge in [-0.05, 0) is 23.8 Å². The van der Waals surface area contributed by atoms with Crippen molar-refractivity contribution < 1.29 is 29.5 Å². The van der Waals surface area contributed by atoms with Crippen molar-refractivity contribution in [2.24, 2.45) is 5.16 Å². The molecule has 3 amide bonds. The number of para-hydroxylation sites is 1. The van der Waals surface area contributed by atoms with Crippen molar-refractivity contribution in [3.8, 4) is 0 Å². The lowest BCUT2D eigenvalue weighted by atomic mass is 9.98. The number of amides is 3. The van der Waals surface area contributed by atoms with Gasteiger partial charge in [0.25, 0.3) is 17.7 Å². The highest BCUT2D eigenvalue weighted by Crippen LogP contribution is 2.41. The Kier molecular flexibility index (Phi) is 5.97. The molecule has 1 aromatic carbocycles. The summed E-state index contributed by atoms with van der Waals surface area (Å²) < 4.78 is 0. The number of oxime groups is 1. The Morgan fingerprint density at radius 2 is 2.00 bits per heavy atom. The topological polar surface area (TPSA) is 179 Å². The van der Waals surface area contributed by atoms with Crippen LogP contribution in [0.1, 0.15) is 5.69 Å². The van der Waals surface area contributed by atoms with Crippen LogP contribution in [0.25, 0.3) is 0 Å². The number of carbonyl (C=O) groups is 4. The third kappa shape index (κ3) is 3.89. The number of aromatic nitrogens is 1. The molecule has 0 saturated carbocycles. The molecule has 2 atom stereocenters. The van der Waals surface area contributed by atoms with E-state index in [4.69, 9.17) is 5.73 Å². The van der Waals surface area contributed by atoms with E-state index in [0.29, 0.717) is 17.7 Å². The molecule has 0 bridgehead atoms. The third-order valence-electron chi connectivity index (χ3n) is 5.83. The van der Waals surface area contributed by atoms with Gasteiger partial charge in [0.1, 0.15) is 22.8 Å². The van der Waals surface area contributed by atoms with Crippen LogP contribution in [0, 0.1) is 0 Å². The van der Waals surface area contributed by atoms with Crippen LogP contribution in [0.15, 0.2) is 63.8 Å². The maximum atomic E-state index is 12.9. The number of carbonyl (C=O) groups excluding carboxylic acids is 3. The zero-order valence-electron chi connectivity index (χ0n) is 18.3. The minimum Gasteiger partial charge on any atom is -0.477 e. The zero-order valence-corrected chi connectivity index (χ0v) is 20.0. The molecule has 4 heterocycles. The van der Waals surface area contributed by atoms with Crippen molar-refractivity contribution in [2.45, 2.75) is 11.4 Å². The maximum Gasteiger partial charge on any atom is 0.352 e. The number of hydrogen-bond donors (Lipinski definition) is 4. The van der Waals surface area contributed by atoms with Crippen LogP contribution in [-0.4, -0.2) is 73.3 Å². The fourth-order valence-corrected chi connectivity index (χ4v) is 5.95. The van der Waals surface area contributed by atoms with E-state index in [-0.39, 0.29) is 28.2 Å². The van der Waals surface area contributed by atoms with E-state index in [0.717, 1.165) is 21.9 Å². The molecule has 2 aromatic rings. The van der Waals surface area contributed by atoms with Gasteiger partial charge in [0.2, 0.25) is 0 Å². The predicted octanol–water partition coefficient (Wildman–Crippen LogP) is 0.615. The Labute approximate surface area is 211 Å². The zero-order chi connectivity index (χ0) is 25.6. The van der Waals surface area contributed by atoms with E-state index in [1.807, 2.05) is 18.2 Å². The van der Waals surface area contributed by atoms with Crippen LogP contribution in [0.2, 0.25) is 0 Å². The number of nitrogen functional groups attached to an aromatic ring is 1. The highest BCUT2D eigenvalue weighted by atomic mass is 32.2. The normalized spacial score (nSPS) is 22.8. The smallest absolute Gasteiger partial charge is 0.352 e. The number of allylic oxidation sites excluding steroid dienone is 1. The summed E-state index contributed by atoms with van der Waals surface area (Å²) in [6.45, 7) is 0.324. The molecule has 3 aliphatic rings. The van der Waals surface area contributed by atoms with Gasteiger partial charge in [-0.1, -0.05) is 23.4 Å². The van der Waals surface area contributed by atoms with Crippen LogP contribution in [-0.2, 0) is 19.2 Å². The summed E-state index contributed by atoms with van der Waals surface area (Å²) in [5.74, 6) is -2.81. The van der Waals surface area contributed by atoms with Crippen molar-refractivity contribution in [3.63, 3.8) is 0 Å². The van der Waals surface area contributed by atoms with Gasteiger partial charge in [0.15, 0.2) is 10.8 Å². The van der Waals surface area contributed by atoms with Gasteiger partial charge in [-0.2, -0.15) is 0 Å². The van der Waals surface area contributed by atoms with Crippen molar-refractivity contribution >= 4 is 63.3 Å². The summed E-state index contributed by atoms with van der Waals surface area (Å²) in [5, 5.41) is 25.5. The lowest BCUT2D eigenvalue weighted by Gasteiger charge is -2.49. The van der Waals surface area contributed by atoms with Crippen molar-refractivity contribution in [3.05, 3.63) is 64.3 Å². The summed E-state index contributed by atoms with van der Waals surface area (Å²) in [4.78, 5) is 56.8. The highest BCUT2D eigenvalue weighted by molar-refractivity contribution is 8.00. The number of aliphatic carboxylic acids is 1. The molecule has 0 radical (unpaired) electrons. The lowest BCUT2D eigenvalue weighted by Crippen LogP contribution is -2.71. The predicted molar refractivity (Wildman–Crippen MR) is 131 cm³/mol. The molecule has 0 unspecified atom stereocenters. The standard InChI is InChI=1S/C22H18N6O6S2/c23-22-24-13(9-36-22)14(26-34)17(29)25-15-19(31)28-16(21(32)33)11(8-35-20(15)28)6-10-7-27(18(10)30)12-4-2-1-3-5-12/h1-6,9,15,20,34H,7-8H2,(H2,23,24)(H,25,29)(H,32,33)/b10-6-,26-14-/t15-,20-/m1/s1. The van der Waals surface area contributed by atoms with E-state index in [9.17, 15) is 29.5 Å². The van der Waals surface area contributed by atoms with E-state index in [2.05, 4.69) is 15.5 Å². The SMILES string of the molecule is Nc1nc(/C(=N/O)C(=O)N[C@@H]2C(=O)N3C(C(=O)O)=C(/C=C4/CN(c5ccccc5)C4=O)CS[C@H]23)cs1. The van der Waals surface area contributed by atoms with Gasteiger partial charge >= 0.3 is 5.97 Å². The molecule has 3 aliphatic heterocycles. The van der Waals surface area contributed by atoms with Gasteiger partial charge in [-0.15, -0.1) is 23.1 Å². The minimum atomic E-state index is -1.31. The van der Waals surface area contributed by atoms with Crippen LogP contribution in [0.3, 0.4) is 0 Å². The maximum absolute atomic E-state index is 12.9. The van der Waals surface area contributed by atoms with Gasteiger partial charge in [-0.25, -0.2) is 9.78 Å². The van der Waals surface area contributed by atoms with Gasteiger partial charge in [0.05, 0.1) is 6.54 Å². The molecule has 2 saturated heterocycles. The second kappa shape index (κ2) is 9.13. The fourth-order valence-electron chi connectivity index (χ4n) is 4.10.